The van der Waals surface area contributed by atoms with Crippen molar-refractivity contribution in [3.05, 3.63) is 21.9 Å². The Morgan fingerprint density at radius 2 is 2.11 bits per heavy atom. The van der Waals surface area contributed by atoms with Gasteiger partial charge in [-0.2, -0.15) is 0 Å². The minimum absolute atomic E-state index is 0.239. The first-order chi connectivity index (χ1) is 8.43. The summed E-state index contributed by atoms with van der Waals surface area (Å²) < 4.78 is 5.91. The third-order valence-electron chi connectivity index (χ3n) is 3.76. The Morgan fingerprint density at radius 3 is 2.56 bits per heavy atom. The highest BCUT2D eigenvalue weighted by atomic mass is 32.1. The highest BCUT2D eigenvalue weighted by molar-refractivity contribution is 7.12. The summed E-state index contributed by atoms with van der Waals surface area (Å²) in [6.07, 6.45) is 1.50. The van der Waals surface area contributed by atoms with Crippen LogP contribution in [0.3, 0.4) is 0 Å². The maximum atomic E-state index is 5.91. The standard InChI is InChI=1S/C15H25NOS/c1-10-8-9-17-14(10)13(16-5)11-6-7-12(18-11)15(2,3)4/h6-7,10,13-14,16H,8-9H2,1-5H3. The summed E-state index contributed by atoms with van der Waals surface area (Å²) in [7, 11) is 2.04. The predicted molar refractivity (Wildman–Crippen MR) is 78.3 cm³/mol. The Kier molecular flexibility index (Phi) is 4.15. The lowest BCUT2D eigenvalue weighted by Gasteiger charge is -2.25. The molecule has 0 aliphatic carbocycles. The maximum absolute atomic E-state index is 5.91. The summed E-state index contributed by atoms with van der Waals surface area (Å²) >= 11 is 1.92. The molecule has 0 amide bonds. The van der Waals surface area contributed by atoms with Gasteiger partial charge < -0.3 is 10.1 Å². The van der Waals surface area contributed by atoms with Crippen molar-refractivity contribution >= 4 is 11.3 Å². The summed E-state index contributed by atoms with van der Waals surface area (Å²) in [6, 6.07) is 4.87. The van der Waals surface area contributed by atoms with Crippen molar-refractivity contribution in [1.29, 1.82) is 0 Å². The van der Waals surface area contributed by atoms with E-state index in [1.54, 1.807) is 0 Å². The van der Waals surface area contributed by atoms with E-state index in [1.165, 1.54) is 16.2 Å². The van der Waals surface area contributed by atoms with E-state index >= 15 is 0 Å². The fourth-order valence-electron chi connectivity index (χ4n) is 2.53. The Hall–Kier alpha value is -0.380. The lowest BCUT2D eigenvalue weighted by atomic mass is 9.94. The van der Waals surface area contributed by atoms with E-state index in [2.05, 4.69) is 45.1 Å². The SMILES string of the molecule is CNC(c1ccc(C(C)(C)C)s1)C1OCCC1C. The van der Waals surface area contributed by atoms with Crippen LogP contribution in [0.4, 0.5) is 0 Å². The number of hydrogen-bond donors (Lipinski definition) is 1. The van der Waals surface area contributed by atoms with Gasteiger partial charge in [-0.3, -0.25) is 0 Å². The lowest BCUT2D eigenvalue weighted by molar-refractivity contribution is 0.0641. The normalized spacial score (nSPS) is 26.5. The highest BCUT2D eigenvalue weighted by Crippen LogP contribution is 2.37. The second kappa shape index (κ2) is 5.32. The van der Waals surface area contributed by atoms with Crippen molar-refractivity contribution in [2.24, 2.45) is 5.92 Å². The Bertz CT molecular complexity index is 393. The Balaban J connectivity index is 2.20. The summed E-state index contributed by atoms with van der Waals surface area (Å²) in [6.45, 7) is 10.0. The smallest absolute Gasteiger partial charge is 0.0803 e. The third-order valence-corrected chi connectivity index (χ3v) is 5.35. The van der Waals surface area contributed by atoms with Crippen LogP contribution in [0.1, 0.15) is 49.9 Å². The number of rotatable bonds is 3. The zero-order valence-corrected chi connectivity index (χ0v) is 12.9. The molecule has 1 aromatic rings. The zero-order valence-electron chi connectivity index (χ0n) is 12.1. The topological polar surface area (TPSA) is 21.3 Å². The quantitative estimate of drug-likeness (QED) is 0.901. The van der Waals surface area contributed by atoms with Gasteiger partial charge in [0.25, 0.3) is 0 Å². The molecule has 1 aromatic heterocycles. The van der Waals surface area contributed by atoms with Crippen LogP contribution < -0.4 is 5.32 Å². The van der Waals surface area contributed by atoms with E-state index < -0.39 is 0 Å². The molecule has 3 atom stereocenters. The predicted octanol–water partition coefficient (Wildman–Crippen LogP) is 3.73. The summed E-state index contributed by atoms with van der Waals surface area (Å²) in [4.78, 5) is 2.85. The van der Waals surface area contributed by atoms with E-state index in [4.69, 9.17) is 4.74 Å². The van der Waals surface area contributed by atoms with Gasteiger partial charge in [0.1, 0.15) is 0 Å². The Labute approximate surface area is 115 Å². The molecule has 0 radical (unpaired) electrons. The van der Waals surface area contributed by atoms with Crippen molar-refractivity contribution in [2.45, 2.75) is 51.7 Å². The molecular weight excluding hydrogens is 242 g/mol. The van der Waals surface area contributed by atoms with Gasteiger partial charge in [-0.25, -0.2) is 0 Å². The molecule has 3 unspecified atom stereocenters. The van der Waals surface area contributed by atoms with Gasteiger partial charge >= 0.3 is 0 Å². The molecule has 2 heterocycles. The fraction of sp³-hybridized carbons (Fsp3) is 0.733. The summed E-state index contributed by atoms with van der Waals surface area (Å²) in [5.74, 6) is 0.641. The molecule has 0 aromatic carbocycles. The fourth-order valence-corrected chi connectivity index (χ4v) is 3.75. The Morgan fingerprint density at radius 1 is 1.39 bits per heavy atom. The average Bonchev–Trinajstić information content (AvgIpc) is 2.89. The summed E-state index contributed by atoms with van der Waals surface area (Å²) in [5.41, 5.74) is 0.239. The van der Waals surface area contributed by atoms with Crippen molar-refractivity contribution in [2.75, 3.05) is 13.7 Å². The van der Waals surface area contributed by atoms with Gasteiger partial charge in [0, 0.05) is 16.4 Å². The van der Waals surface area contributed by atoms with Crippen LogP contribution in [0.25, 0.3) is 0 Å². The first-order valence-corrected chi connectivity index (χ1v) is 7.64. The molecule has 0 saturated carbocycles. The molecule has 1 aliphatic heterocycles. The first-order valence-electron chi connectivity index (χ1n) is 6.82. The van der Waals surface area contributed by atoms with Crippen molar-refractivity contribution in [1.82, 2.24) is 5.32 Å². The van der Waals surface area contributed by atoms with E-state index in [1.807, 2.05) is 18.4 Å². The largest absolute Gasteiger partial charge is 0.376 e. The highest BCUT2D eigenvalue weighted by Gasteiger charge is 2.33. The van der Waals surface area contributed by atoms with Crippen LogP contribution in [0.15, 0.2) is 12.1 Å². The number of nitrogens with one attached hydrogen (secondary N) is 1. The molecule has 1 fully saturated rings. The minimum atomic E-state index is 0.239. The van der Waals surface area contributed by atoms with Gasteiger partial charge in [-0.05, 0) is 36.9 Å². The first kappa shape index (κ1) is 14.0. The molecule has 2 nitrogen and oxygen atoms in total. The molecule has 0 bridgehead atoms. The van der Waals surface area contributed by atoms with Gasteiger partial charge in [-0.1, -0.05) is 27.7 Å². The van der Waals surface area contributed by atoms with E-state index in [9.17, 15) is 0 Å². The molecule has 1 N–H and O–H groups in total. The van der Waals surface area contributed by atoms with E-state index in [0.29, 0.717) is 18.1 Å². The summed E-state index contributed by atoms with van der Waals surface area (Å²) in [5, 5.41) is 3.44. The molecule has 0 spiro atoms. The van der Waals surface area contributed by atoms with Crippen LogP contribution in [0, 0.1) is 5.92 Å². The molecule has 3 heteroatoms. The number of thiophene rings is 1. The molecule has 1 aliphatic rings. The monoisotopic (exact) mass is 267 g/mol. The molecule has 102 valence electrons. The number of hydrogen-bond acceptors (Lipinski definition) is 3. The minimum Gasteiger partial charge on any atom is -0.376 e. The van der Waals surface area contributed by atoms with Crippen molar-refractivity contribution < 1.29 is 4.74 Å². The van der Waals surface area contributed by atoms with Gasteiger partial charge in [0.15, 0.2) is 0 Å². The second-order valence-electron chi connectivity index (χ2n) is 6.32. The van der Waals surface area contributed by atoms with Crippen LogP contribution in [0.2, 0.25) is 0 Å². The molecule has 1 saturated heterocycles. The van der Waals surface area contributed by atoms with Crippen LogP contribution in [-0.2, 0) is 10.2 Å². The maximum Gasteiger partial charge on any atom is 0.0803 e. The number of ether oxygens (including phenoxy) is 1. The van der Waals surface area contributed by atoms with Gasteiger partial charge in [-0.15, -0.1) is 11.3 Å². The molecule has 18 heavy (non-hydrogen) atoms. The van der Waals surface area contributed by atoms with Crippen LogP contribution in [-0.4, -0.2) is 19.8 Å². The van der Waals surface area contributed by atoms with Gasteiger partial charge in [0.05, 0.1) is 12.1 Å². The van der Waals surface area contributed by atoms with Gasteiger partial charge in [0.2, 0.25) is 0 Å². The van der Waals surface area contributed by atoms with Crippen molar-refractivity contribution in [3.63, 3.8) is 0 Å². The average molecular weight is 267 g/mol. The number of likely N-dealkylation sites (N-methyl/N-ethyl adjacent to an activating group) is 1. The lowest BCUT2D eigenvalue weighted by Crippen LogP contribution is -2.31. The van der Waals surface area contributed by atoms with Crippen LogP contribution >= 0.6 is 11.3 Å². The third kappa shape index (κ3) is 2.79. The van der Waals surface area contributed by atoms with Crippen molar-refractivity contribution in [3.8, 4) is 0 Å². The van der Waals surface area contributed by atoms with Crippen LogP contribution in [0.5, 0.6) is 0 Å². The molecule has 2 rings (SSSR count). The van der Waals surface area contributed by atoms with E-state index in [-0.39, 0.29) is 5.41 Å². The molecular formula is C15H25NOS. The van der Waals surface area contributed by atoms with E-state index in [0.717, 1.165) is 6.61 Å². The zero-order chi connectivity index (χ0) is 13.3. The second-order valence-corrected chi connectivity index (χ2v) is 7.44.